The Hall–Kier alpha value is -3.57. The highest BCUT2D eigenvalue weighted by Crippen LogP contribution is 2.26. The number of amides is 1. The molecule has 35 heavy (non-hydrogen) atoms. The van der Waals surface area contributed by atoms with Crippen LogP contribution in [0.4, 0.5) is 5.69 Å². The summed E-state index contributed by atoms with van der Waals surface area (Å²) in [4.78, 5) is 12.9. The second-order valence-corrected chi connectivity index (χ2v) is 9.38. The topological polar surface area (TPSA) is 56.2 Å². The van der Waals surface area contributed by atoms with Gasteiger partial charge in [-0.3, -0.25) is 9.48 Å². The van der Waals surface area contributed by atoms with Crippen molar-refractivity contribution in [1.82, 2.24) is 9.78 Å². The number of benzene rings is 3. The first-order valence-electron chi connectivity index (χ1n) is 11.6. The van der Waals surface area contributed by atoms with Crippen LogP contribution >= 0.6 is 11.6 Å². The lowest BCUT2D eigenvalue weighted by Gasteiger charge is -2.11. The summed E-state index contributed by atoms with van der Waals surface area (Å²) in [7, 11) is 0. The zero-order valence-corrected chi connectivity index (χ0v) is 21.5. The van der Waals surface area contributed by atoms with Crippen molar-refractivity contribution in [2.45, 2.75) is 47.8 Å². The molecule has 0 saturated carbocycles. The van der Waals surface area contributed by atoms with E-state index < -0.39 is 0 Å². The van der Waals surface area contributed by atoms with Crippen LogP contribution in [0.5, 0.6) is 5.75 Å². The van der Waals surface area contributed by atoms with E-state index in [1.165, 1.54) is 11.1 Å². The zero-order valence-electron chi connectivity index (χ0n) is 20.8. The summed E-state index contributed by atoms with van der Waals surface area (Å²) in [6, 6.07) is 19.7. The Morgan fingerprint density at radius 3 is 2.14 bits per heavy atom. The van der Waals surface area contributed by atoms with Crippen molar-refractivity contribution in [2.75, 3.05) is 5.32 Å². The molecule has 0 bridgehead atoms. The van der Waals surface area contributed by atoms with Gasteiger partial charge in [0.25, 0.3) is 5.91 Å². The van der Waals surface area contributed by atoms with E-state index in [1.807, 2.05) is 68.8 Å². The van der Waals surface area contributed by atoms with Gasteiger partial charge in [0.15, 0.2) is 0 Å². The lowest BCUT2D eigenvalue weighted by molar-refractivity contribution is 0.102. The number of anilines is 1. The average molecular weight is 488 g/mol. The molecule has 0 aliphatic heterocycles. The van der Waals surface area contributed by atoms with Gasteiger partial charge in [-0.15, -0.1) is 0 Å². The molecule has 5 nitrogen and oxygen atoms in total. The first-order valence-corrected chi connectivity index (χ1v) is 12.0. The maximum atomic E-state index is 12.9. The van der Waals surface area contributed by atoms with Gasteiger partial charge in [0.2, 0.25) is 0 Å². The van der Waals surface area contributed by atoms with E-state index in [1.54, 1.807) is 0 Å². The molecule has 1 amide bonds. The van der Waals surface area contributed by atoms with E-state index in [4.69, 9.17) is 16.3 Å². The van der Waals surface area contributed by atoms with Crippen LogP contribution in [0.2, 0.25) is 5.02 Å². The Morgan fingerprint density at radius 2 is 1.51 bits per heavy atom. The number of hydrogen-bond donors (Lipinski definition) is 1. The van der Waals surface area contributed by atoms with Crippen molar-refractivity contribution < 1.29 is 9.53 Å². The molecular formula is C29H30ClN3O2. The van der Waals surface area contributed by atoms with E-state index in [9.17, 15) is 4.79 Å². The second kappa shape index (κ2) is 10.4. The van der Waals surface area contributed by atoms with Gasteiger partial charge >= 0.3 is 0 Å². The van der Waals surface area contributed by atoms with Crippen LogP contribution in [0.3, 0.4) is 0 Å². The van der Waals surface area contributed by atoms with Gasteiger partial charge in [-0.2, -0.15) is 5.10 Å². The van der Waals surface area contributed by atoms with E-state index in [0.29, 0.717) is 18.7 Å². The molecular weight excluding hydrogens is 458 g/mol. The zero-order chi connectivity index (χ0) is 25.1. The Balaban J connectivity index is 1.40. The fourth-order valence-corrected chi connectivity index (χ4v) is 4.10. The molecule has 0 radical (unpaired) electrons. The minimum Gasteiger partial charge on any atom is -0.489 e. The van der Waals surface area contributed by atoms with Crippen molar-refractivity contribution in [2.24, 2.45) is 0 Å². The van der Waals surface area contributed by atoms with E-state index >= 15 is 0 Å². The van der Waals surface area contributed by atoms with Gasteiger partial charge in [-0.05, 0) is 81.1 Å². The van der Waals surface area contributed by atoms with Crippen LogP contribution in [0, 0.1) is 34.6 Å². The smallest absolute Gasteiger partial charge is 0.255 e. The lowest BCUT2D eigenvalue weighted by Crippen LogP contribution is -2.13. The third-order valence-corrected chi connectivity index (χ3v) is 6.70. The number of carbonyl (C=O) groups is 1. The molecule has 0 unspecified atom stereocenters. The minimum absolute atomic E-state index is 0.164. The summed E-state index contributed by atoms with van der Waals surface area (Å²) in [5, 5.41) is 8.44. The highest BCUT2D eigenvalue weighted by molar-refractivity contribution is 6.32. The number of aryl methyl sites for hydroxylation is 4. The number of aromatic nitrogens is 2. The maximum Gasteiger partial charge on any atom is 0.255 e. The number of nitrogens with zero attached hydrogens (tertiary/aromatic N) is 2. The molecule has 0 aliphatic rings. The summed E-state index contributed by atoms with van der Waals surface area (Å²) >= 11 is 6.24. The molecule has 6 heteroatoms. The maximum absolute atomic E-state index is 12.9. The van der Waals surface area contributed by atoms with Gasteiger partial charge in [0.1, 0.15) is 12.4 Å². The molecule has 1 heterocycles. The Morgan fingerprint density at radius 1 is 0.914 bits per heavy atom. The number of hydrogen-bond acceptors (Lipinski definition) is 3. The largest absolute Gasteiger partial charge is 0.489 e. The number of carbonyl (C=O) groups excluding carboxylic acids is 1. The monoisotopic (exact) mass is 487 g/mol. The van der Waals surface area contributed by atoms with E-state index in [-0.39, 0.29) is 5.91 Å². The predicted octanol–water partition coefficient (Wildman–Crippen LogP) is 6.96. The quantitative estimate of drug-likeness (QED) is 0.306. The van der Waals surface area contributed by atoms with Gasteiger partial charge < -0.3 is 10.1 Å². The molecule has 0 fully saturated rings. The average Bonchev–Trinajstić information content (AvgIpc) is 3.10. The lowest BCUT2D eigenvalue weighted by atomic mass is 10.1. The Bertz CT molecular complexity index is 1330. The molecule has 0 spiro atoms. The highest BCUT2D eigenvalue weighted by Gasteiger charge is 2.16. The molecule has 1 N–H and O–H groups in total. The molecule has 1 aromatic heterocycles. The summed E-state index contributed by atoms with van der Waals surface area (Å²) in [5.74, 6) is 0.613. The first kappa shape index (κ1) is 24.6. The second-order valence-electron chi connectivity index (χ2n) is 9.00. The number of ether oxygens (including phenoxy) is 1. The SMILES string of the molecule is Cc1ccc(Cn2nc(C)c(NC(=O)c3ccc(COc4cc(C)c(Cl)c(C)c4)cc3)c2C)cc1. The number of rotatable bonds is 7. The number of halogens is 1. The minimum atomic E-state index is -0.164. The van der Waals surface area contributed by atoms with Crippen molar-refractivity contribution in [3.8, 4) is 5.75 Å². The van der Waals surface area contributed by atoms with Crippen LogP contribution in [0.15, 0.2) is 60.7 Å². The third kappa shape index (κ3) is 5.75. The molecule has 0 aliphatic carbocycles. The van der Waals surface area contributed by atoms with Crippen LogP contribution in [-0.4, -0.2) is 15.7 Å². The summed E-state index contributed by atoms with van der Waals surface area (Å²) in [6.45, 7) is 11.0. The number of nitrogens with one attached hydrogen (secondary N) is 1. The fraction of sp³-hybridized carbons (Fsp3) is 0.241. The molecule has 0 atom stereocenters. The molecule has 4 rings (SSSR count). The fourth-order valence-electron chi connectivity index (χ4n) is 3.99. The van der Waals surface area contributed by atoms with Crippen LogP contribution in [0.25, 0.3) is 0 Å². The predicted molar refractivity (Wildman–Crippen MR) is 142 cm³/mol. The molecule has 0 saturated heterocycles. The standard InChI is InChI=1S/C29H30ClN3O2/c1-18-6-8-23(9-7-18)16-33-22(5)28(21(4)32-33)31-29(34)25-12-10-24(11-13-25)17-35-26-14-19(2)27(30)20(3)15-26/h6-15H,16-17H2,1-5H3,(H,31,34). The first-order chi connectivity index (χ1) is 16.7. The van der Waals surface area contributed by atoms with Gasteiger partial charge in [-0.1, -0.05) is 53.6 Å². The van der Waals surface area contributed by atoms with Crippen molar-refractivity contribution in [3.05, 3.63) is 110 Å². The summed E-state index contributed by atoms with van der Waals surface area (Å²) < 4.78 is 7.85. The summed E-state index contributed by atoms with van der Waals surface area (Å²) in [5.41, 5.74) is 8.40. The van der Waals surface area contributed by atoms with E-state index in [2.05, 4.69) is 41.6 Å². The van der Waals surface area contributed by atoms with Crippen molar-refractivity contribution >= 4 is 23.2 Å². The van der Waals surface area contributed by atoms with Gasteiger partial charge in [0.05, 0.1) is 23.6 Å². The molecule has 180 valence electrons. The molecule has 3 aromatic carbocycles. The van der Waals surface area contributed by atoms with Crippen molar-refractivity contribution in [3.63, 3.8) is 0 Å². The normalized spacial score (nSPS) is 10.9. The highest BCUT2D eigenvalue weighted by atomic mass is 35.5. The summed E-state index contributed by atoms with van der Waals surface area (Å²) in [6.07, 6.45) is 0. The molecule has 4 aromatic rings. The third-order valence-electron chi connectivity index (χ3n) is 6.10. The van der Waals surface area contributed by atoms with Crippen LogP contribution in [-0.2, 0) is 13.2 Å². The van der Waals surface area contributed by atoms with E-state index in [0.717, 1.165) is 44.5 Å². The van der Waals surface area contributed by atoms with Crippen molar-refractivity contribution in [1.29, 1.82) is 0 Å². The van der Waals surface area contributed by atoms with Crippen LogP contribution < -0.4 is 10.1 Å². The van der Waals surface area contributed by atoms with Crippen LogP contribution in [0.1, 0.15) is 49.6 Å². The Labute approximate surface area is 211 Å². The Kier molecular flexibility index (Phi) is 7.27. The van der Waals surface area contributed by atoms with Gasteiger partial charge in [-0.25, -0.2) is 0 Å². The van der Waals surface area contributed by atoms with Gasteiger partial charge in [0, 0.05) is 10.6 Å².